The van der Waals surface area contributed by atoms with Gasteiger partial charge in [-0.2, -0.15) is 0 Å². The average Bonchev–Trinajstić information content (AvgIpc) is 4.03. The molecule has 4 aliphatic heterocycles. The van der Waals surface area contributed by atoms with Crippen molar-refractivity contribution in [3.05, 3.63) is 109 Å². The molecule has 5 N–H and O–H groups in total. The summed E-state index contributed by atoms with van der Waals surface area (Å²) in [5.41, 5.74) is 14.0. The molecule has 8 heterocycles. The normalized spacial score (nSPS) is 18.9. The summed E-state index contributed by atoms with van der Waals surface area (Å²) in [5.74, 6) is -0.692. The number of hydrogen-bond donors (Lipinski definition) is 4. The first-order valence-corrected chi connectivity index (χ1v) is 26.2. The number of carboxylic acids is 1. The molecule has 0 bridgehead atoms. The third-order valence-electron chi connectivity index (χ3n) is 14.4. The number of carbonyl (C=O) groups is 2. The van der Waals surface area contributed by atoms with E-state index in [1.807, 2.05) is 54.9 Å². The fourth-order valence-electron chi connectivity index (χ4n) is 10.3. The fraction of sp³-hybridized carbons (Fsp3) is 0.474. The SMILES string of the molecule is CN1CCC(Nc2cc(-c3ccc(C(=O)CCCCN4CCCCC4)cc3)nc3ccncc23)C1.CN1CCC(Nc2cc(-c3ccc(C(=O)O)cc3)nc3ccncc23)C1.NCCCN1CCCCC1. The van der Waals surface area contributed by atoms with Crippen molar-refractivity contribution < 1.29 is 14.7 Å². The van der Waals surface area contributed by atoms with Gasteiger partial charge in [-0.1, -0.05) is 49.2 Å². The van der Waals surface area contributed by atoms with Gasteiger partial charge < -0.3 is 41.1 Å². The monoisotopic (exact) mass is 962 g/mol. The van der Waals surface area contributed by atoms with Crippen molar-refractivity contribution in [3.63, 3.8) is 0 Å². The van der Waals surface area contributed by atoms with E-state index in [4.69, 9.17) is 20.8 Å². The first-order valence-electron chi connectivity index (χ1n) is 26.2. The number of rotatable bonds is 16. The average molecular weight is 962 g/mol. The predicted molar refractivity (Wildman–Crippen MR) is 288 cm³/mol. The molecule has 14 nitrogen and oxygen atoms in total. The number of aromatic nitrogens is 4. The van der Waals surface area contributed by atoms with Crippen LogP contribution in [0.4, 0.5) is 11.4 Å². The number of ketones is 1. The van der Waals surface area contributed by atoms with Crippen molar-refractivity contribution in [2.45, 2.75) is 89.1 Å². The van der Waals surface area contributed by atoms with Crippen LogP contribution in [0.2, 0.25) is 0 Å². The summed E-state index contributed by atoms with van der Waals surface area (Å²) < 4.78 is 0. The molecule has 0 spiro atoms. The van der Waals surface area contributed by atoms with Crippen molar-refractivity contribution in [2.75, 3.05) is 96.7 Å². The van der Waals surface area contributed by atoms with E-state index >= 15 is 0 Å². The minimum absolute atomic E-state index is 0.237. The van der Waals surface area contributed by atoms with Gasteiger partial charge in [-0.15, -0.1) is 0 Å². The van der Waals surface area contributed by atoms with Gasteiger partial charge in [0.1, 0.15) is 0 Å². The first-order chi connectivity index (χ1) is 34.7. The molecule has 14 heteroatoms. The van der Waals surface area contributed by atoms with Gasteiger partial charge >= 0.3 is 5.97 Å². The number of nitrogens with zero attached hydrogens (tertiary/aromatic N) is 8. The standard InChI is InChI=1S/C29H37N5O.C20H20N4O2.C8H18N2/c1-33-18-13-24(21-33)31-28-19-27(32-26-12-14-30-20-25(26)28)22-8-10-23(11-9-22)29(35)7-3-6-17-34-15-4-2-5-16-34;1-24-9-7-15(12-24)22-19-10-18(23-17-6-8-21-11-16(17)19)13-2-4-14(5-3-13)20(25)26;9-5-4-8-10-6-2-1-3-7-10/h8-12,14,19-20,24H,2-7,13,15-18,21H2,1H3,(H,31,32);2-6,8,10-11,15H,7,9,12H2,1H3,(H,22,23)(H,25,26);1-9H2. The van der Waals surface area contributed by atoms with E-state index in [9.17, 15) is 9.59 Å². The van der Waals surface area contributed by atoms with Crippen molar-refractivity contribution in [1.82, 2.24) is 39.5 Å². The highest BCUT2D eigenvalue weighted by molar-refractivity contribution is 5.97. The summed E-state index contributed by atoms with van der Waals surface area (Å²) in [6.07, 6.45) is 21.6. The van der Waals surface area contributed by atoms with Gasteiger partial charge in [0.25, 0.3) is 0 Å². The lowest BCUT2D eigenvalue weighted by Gasteiger charge is -2.26. The topological polar surface area (TPSA) is 169 Å². The minimum atomic E-state index is -0.929. The third kappa shape index (κ3) is 14.8. The highest BCUT2D eigenvalue weighted by Crippen LogP contribution is 2.31. The molecule has 376 valence electrons. The van der Waals surface area contributed by atoms with Crippen LogP contribution in [0, 0.1) is 0 Å². The lowest BCUT2D eigenvalue weighted by molar-refractivity contribution is 0.0696. The number of anilines is 2. The number of fused-ring (bicyclic) bond motifs is 2. The van der Waals surface area contributed by atoms with Gasteiger partial charge in [-0.25, -0.2) is 14.8 Å². The minimum Gasteiger partial charge on any atom is -0.478 e. The second-order valence-corrected chi connectivity index (χ2v) is 20.0. The summed E-state index contributed by atoms with van der Waals surface area (Å²) in [7, 11) is 4.29. The number of nitrogens with one attached hydrogen (secondary N) is 2. The Morgan fingerprint density at radius 3 is 1.51 bits per heavy atom. The number of carbonyl (C=O) groups excluding carboxylic acids is 1. The van der Waals surface area contributed by atoms with Crippen molar-refractivity contribution in [1.29, 1.82) is 0 Å². The second kappa shape index (κ2) is 26.0. The largest absolute Gasteiger partial charge is 0.478 e. The number of pyridine rings is 4. The summed E-state index contributed by atoms with van der Waals surface area (Å²) in [5, 5.41) is 18.5. The molecule has 0 amide bonds. The number of piperidine rings is 2. The molecule has 0 aliphatic carbocycles. The van der Waals surface area contributed by atoms with Crippen LogP contribution in [0.15, 0.2) is 97.6 Å². The Morgan fingerprint density at radius 2 is 1.07 bits per heavy atom. The molecule has 0 radical (unpaired) electrons. The van der Waals surface area contributed by atoms with Crippen LogP contribution in [-0.4, -0.2) is 155 Å². The van der Waals surface area contributed by atoms with Gasteiger partial charge in [0.2, 0.25) is 0 Å². The van der Waals surface area contributed by atoms with Crippen LogP contribution in [0.25, 0.3) is 44.3 Å². The zero-order valence-electron chi connectivity index (χ0n) is 42.1. The van der Waals surface area contributed by atoms with E-state index in [1.165, 1.54) is 77.7 Å². The third-order valence-corrected chi connectivity index (χ3v) is 14.4. The summed E-state index contributed by atoms with van der Waals surface area (Å²) in [6, 6.07) is 23.6. The van der Waals surface area contributed by atoms with Crippen molar-refractivity contribution in [3.8, 4) is 22.5 Å². The molecule has 2 atom stereocenters. The molecule has 6 aromatic rings. The fourth-order valence-corrected chi connectivity index (χ4v) is 10.3. The number of unbranched alkanes of at least 4 members (excludes halogenated alkanes) is 1. The molecule has 0 saturated carbocycles. The number of Topliss-reactive ketones (excluding diaryl/α,β-unsaturated/α-hetero) is 1. The van der Waals surface area contributed by atoms with E-state index in [2.05, 4.69) is 60.4 Å². The zero-order valence-corrected chi connectivity index (χ0v) is 42.1. The Hall–Kier alpha value is -5.90. The summed E-state index contributed by atoms with van der Waals surface area (Å²) in [6.45, 7) is 12.5. The molecule has 4 fully saturated rings. The van der Waals surface area contributed by atoms with Crippen LogP contribution in [0.1, 0.15) is 97.8 Å². The number of benzene rings is 2. The van der Waals surface area contributed by atoms with E-state index < -0.39 is 5.97 Å². The maximum atomic E-state index is 12.7. The smallest absolute Gasteiger partial charge is 0.335 e. The molecule has 10 rings (SSSR count). The highest BCUT2D eigenvalue weighted by atomic mass is 16.4. The number of carboxylic acid groups (broad SMARTS) is 1. The van der Waals surface area contributed by atoms with Crippen LogP contribution in [-0.2, 0) is 0 Å². The van der Waals surface area contributed by atoms with Crippen LogP contribution < -0.4 is 16.4 Å². The molecule has 2 unspecified atom stereocenters. The van der Waals surface area contributed by atoms with E-state index in [0.29, 0.717) is 18.5 Å². The van der Waals surface area contributed by atoms with Crippen LogP contribution in [0.3, 0.4) is 0 Å². The Bertz CT molecular complexity index is 2630. The Labute approximate surface area is 420 Å². The van der Waals surface area contributed by atoms with Gasteiger partial charge in [0, 0.05) is 95.2 Å². The van der Waals surface area contributed by atoms with Gasteiger partial charge in [0.15, 0.2) is 5.78 Å². The van der Waals surface area contributed by atoms with Gasteiger partial charge in [-0.3, -0.25) is 14.8 Å². The van der Waals surface area contributed by atoms with Gasteiger partial charge in [0.05, 0.1) is 28.0 Å². The number of nitrogens with two attached hydrogens (primary N) is 1. The van der Waals surface area contributed by atoms with E-state index in [0.717, 1.165) is 126 Å². The molecule has 4 saturated heterocycles. The lowest BCUT2D eigenvalue weighted by Crippen LogP contribution is -2.31. The molecule has 4 aliphatic rings. The molecule has 2 aromatic carbocycles. The maximum absolute atomic E-state index is 12.7. The zero-order chi connectivity index (χ0) is 49.4. The molecular weight excluding hydrogens is 887 g/mol. The molecule has 71 heavy (non-hydrogen) atoms. The Balaban J connectivity index is 0.000000164. The Kier molecular flexibility index (Phi) is 18.8. The molecule has 4 aromatic heterocycles. The summed E-state index contributed by atoms with van der Waals surface area (Å²) in [4.78, 5) is 51.7. The highest BCUT2D eigenvalue weighted by Gasteiger charge is 2.22. The number of likely N-dealkylation sites (tertiary alicyclic amines) is 4. The maximum Gasteiger partial charge on any atom is 0.335 e. The van der Waals surface area contributed by atoms with Crippen molar-refractivity contribution in [2.24, 2.45) is 5.73 Å². The Morgan fingerprint density at radius 1 is 0.606 bits per heavy atom. The quantitative estimate of drug-likeness (QED) is 0.0535. The number of likely N-dealkylation sites (N-methyl/N-ethyl adjacent to an activating group) is 2. The lowest BCUT2D eigenvalue weighted by atomic mass is 10.0. The van der Waals surface area contributed by atoms with E-state index in [-0.39, 0.29) is 11.3 Å². The number of aromatic carboxylic acids is 1. The predicted octanol–water partition coefficient (Wildman–Crippen LogP) is 9.18. The first kappa shape index (κ1) is 51.5. The van der Waals surface area contributed by atoms with Crippen molar-refractivity contribution >= 4 is 44.9 Å². The van der Waals surface area contributed by atoms with E-state index in [1.54, 1.807) is 36.7 Å². The number of hydrogen-bond acceptors (Lipinski definition) is 13. The second-order valence-electron chi connectivity index (χ2n) is 20.0. The van der Waals surface area contributed by atoms with Crippen LogP contribution >= 0.6 is 0 Å². The van der Waals surface area contributed by atoms with Crippen LogP contribution in [0.5, 0.6) is 0 Å². The van der Waals surface area contributed by atoms with Gasteiger partial charge in [-0.05, 0) is 167 Å². The summed E-state index contributed by atoms with van der Waals surface area (Å²) >= 11 is 0. The molecular formula is C57H75N11O3.